The molecule has 20 heavy (non-hydrogen) atoms. The molecular formula is C16H21NO3. The van der Waals surface area contributed by atoms with Gasteiger partial charge in [0.05, 0.1) is 19.1 Å². The second kappa shape index (κ2) is 5.94. The summed E-state index contributed by atoms with van der Waals surface area (Å²) in [6.07, 6.45) is 3.64. The van der Waals surface area contributed by atoms with E-state index >= 15 is 0 Å². The fourth-order valence-corrected chi connectivity index (χ4v) is 3.45. The molecule has 1 aliphatic heterocycles. The quantitative estimate of drug-likeness (QED) is 0.919. The van der Waals surface area contributed by atoms with E-state index in [1.807, 2.05) is 0 Å². The Labute approximate surface area is 119 Å². The normalized spacial score (nSPS) is 26.4. The summed E-state index contributed by atoms with van der Waals surface area (Å²) < 4.78 is 6.04. The number of nitrogens with zero attached hydrogens (tertiary/aromatic N) is 1. The topological polar surface area (TPSA) is 49.8 Å². The Morgan fingerprint density at radius 2 is 2.25 bits per heavy atom. The van der Waals surface area contributed by atoms with Gasteiger partial charge in [-0.15, -0.1) is 0 Å². The average molecular weight is 275 g/mol. The number of aliphatic carboxylic acids is 1. The van der Waals surface area contributed by atoms with E-state index in [-0.39, 0.29) is 12.5 Å². The van der Waals surface area contributed by atoms with Crippen molar-refractivity contribution < 1.29 is 14.6 Å². The van der Waals surface area contributed by atoms with Crippen molar-refractivity contribution in [3.63, 3.8) is 0 Å². The zero-order valence-electron chi connectivity index (χ0n) is 11.6. The number of morpholine rings is 1. The molecule has 0 bridgehead atoms. The average Bonchev–Trinajstić information content (AvgIpc) is 2.65. The summed E-state index contributed by atoms with van der Waals surface area (Å²) in [7, 11) is 0. The smallest absolute Gasteiger partial charge is 0.304 e. The number of carbonyl (C=O) groups is 1. The van der Waals surface area contributed by atoms with Crippen LogP contribution in [0.25, 0.3) is 0 Å². The van der Waals surface area contributed by atoms with Crippen molar-refractivity contribution in [1.29, 1.82) is 0 Å². The number of carboxylic acid groups (broad SMARTS) is 1. The number of hydrogen-bond donors (Lipinski definition) is 1. The predicted octanol–water partition coefficient (Wildman–Crippen LogP) is 2.24. The van der Waals surface area contributed by atoms with Crippen molar-refractivity contribution >= 4 is 5.97 Å². The number of fused-ring (bicyclic) bond motifs is 3. The third-order valence-electron chi connectivity index (χ3n) is 4.41. The van der Waals surface area contributed by atoms with Crippen molar-refractivity contribution in [2.75, 3.05) is 19.7 Å². The van der Waals surface area contributed by atoms with Crippen LogP contribution in [-0.4, -0.2) is 41.7 Å². The summed E-state index contributed by atoms with van der Waals surface area (Å²) in [5.41, 5.74) is 2.69. The summed E-state index contributed by atoms with van der Waals surface area (Å²) in [4.78, 5) is 13.1. The lowest BCUT2D eigenvalue weighted by Crippen LogP contribution is -2.47. The fourth-order valence-electron chi connectivity index (χ4n) is 3.45. The van der Waals surface area contributed by atoms with E-state index in [2.05, 4.69) is 29.2 Å². The van der Waals surface area contributed by atoms with Crippen LogP contribution in [0.5, 0.6) is 0 Å². The van der Waals surface area contributed by atoms with Crippen molar-refractivity contribution in [3.05, 3.63) is 35.4 Å². The molecule has 4 heteroatoms. The lowest BCUT2D eigenvalue weighted by Gasteiger charge is -2.41. The van der Waals surface area contributed by atoms with Crippen LogP contribution in [0.1, 0.15) is 36.5 Å². The maximum Gasteiger partial charge on any atom is 0.304 e. The third-order valence-corrected chi connectivity index (χ3v) is 4.41. The van der Waals surface area contributed by atoms with Crippen LogP contribution < -0.4 is 0 Å². The zero-order chi connectivity index (χ0) is 13.9. The van der Waals surface area contributed by atoms with E-state index < -0.39 is 5.97 Å². The Hall–Kier alpha value is -1.39. The second-order valence-electron chi connectivity index (χ2n) is 5.63. The van der Waals surface area contributed by atoms with E-state index in [1.54, 1.807) is 0 Å². The molecule has 4 nitrogen and oxygen atoms in total. The van der Waals surface area contributed by atoms with Crippen LogP contribution in [0.4, 0.5) is 0 Å². The highest BCUT2D eigenvalue weighted by Crippen LogP contribution is 2.36. The van der Waals surface area contributed by atoms with Gasteiger partial charge in [0.2, 0.25) is 0 Å². The molecule has 1 aliphatic carbocycles. The maximum atomic E-state index is 10.8. The molecule has 0 saturated carbocycles. The minimum atomic E-state index is -0.720. The standard InChI is InChI=1S/C16H21NO3/c18-15(19)8-9-17-10-11-20-16-13-6-2-1-4-12(13)5-3-7-14(16)17/h1-2,4,6,14,16H,3,5,7-11H2,(H,18,19)/t14-,16-/m0/s1. The monoisotopic (exact) mass is 275 g/mol. The molecule has 0 spiro atoms. The predicted molar refractivity (Wildman–Crippen MR) is 75.7 cm³/mol. The SMILES string of the molecule is O=C(O)CCN1CCO[C@H]2c3ccccc3CCC[C@@H]21. The third kappa shape index (κ3) is 2.72. The Balaban J connectivity index is 1.82. The molecule has 2 atom stereocenters. The van der Waals surface area contributed by atoms with Crippen LogP contribution >= 0.6 is 0 Å². The molecule has 0 radical (unpaired) electrons. The molecule has 1 aromatic rings. The molecule has 0 amide bonds. The number of aryl methyl sites for hydroxylation is 1. The molecule has 0 unspecified atom stereocenters. The van der Waals surface area contributed by atoms with Crippen LogP contribution in [0.3, 0.4) is 0 Å². The Kier molecular flexibility index (Phi) is 4.03. The van der Waals surface area contributed by atoms with E-state index in [4.69, 9.17) is 9.84 Å². The summed E-state index contributed by atoms with van der Waals surface area (Å²) >= 11 is 0. The molecule has 3 rings (SSSR count). The summed E-state index contributed by atoms with van der Waals surface area (Å²) in [5.74, 6) is -0.720. The van der Waals surface area contributed by atoms with Gasteiger partial charge in [0.1, 0.15) is 0 Å². The van der Waals surface area contributed by atoms with Crippen molar-refractivity contribution in [2.24, 2.45) is 0 Å². The van der Waals surface area contributed by atoms with Gasteiger partial charge < -0.3 is 9.84 Å². The van der Waals surface area contributed by atoms with Gasteiger partial charge in [-0.2, -0.15) is 0 Å². The van der Waals surface area contributed by atoms with Crippen molar-refractivity contribution in [1.82, 2.24) is 4.90 Å². The Bertz CT molecular complexity index is 488. The van der Waals surface area contributed by atoms with Gasteiger partial charge in [-0.05, 0) is 30.4 Å². The van der Waals surface area contributed by atoms with Gasteiger partial charge in [0.15, 0.2) is 0 Å². The Morgan fingerprint density at radius 3 is 3.10 bits per heavy atom. The molecule has 1 saturated heterocycles. The number of rotatable bonds is 3. The minimum absolute atomic E-state index is 0.108. The van der Waals surface area contributed by atoms with Gasteiger partial charge in [0.25, 0.3) is 0 Å². The fraction of sp³-hybridized carbons (Fsp3) is 0.562. The van der Waals surface area contributed by atoms with Crippen LogP contribution in [0.15, 0.2) is 24.3 Å². The highest BCUT2D eigenvalue weighted by Gasteiger charge is 2.35. The van der Waals surface area contributed by atoms with E-state index in [0.29, 0.717) is 19.2 Å². The second-order valence-corrected chi connectivity index (χ2v) is 5.63. The first-order valence-electron chi connectivity index (χ1n) is 7.41. The maximum absolute atomic E-state index is 10.8. The summed E-state index contributed by atoms with van der Waals surface area (Å²) in [5, 5.41) is 8.90. The molecule has 1 aromatic carbocycles. The van der Waals surface area contributed by atoms with E-state index in [0.717, 1.165) is 25.8 Å². The highest BCUT2D eigenvalue weighted by atomic mass is 16.5. The summed E-state index contributed by atoms with van der Waals surface area (Å²) in [6, 6.07) is 8.84. The molecule has 1 heterocycles. The van der Waals surface area contributed by atoms with Crippen molar-refractivity contribution in [3.8, 4) is 0 Å². The van der Waals surface area contributed by atoms with Gasteiger partial charge in [-0.1, -0.05) is 24.3 Å². The van der Waals surface area contributed by atoms with Gasteiger partial charge in [-0.25, -0.2) is 0 Å². The van der Waals surface area contributed by atoms with E-state index in [9.17, 15) is 4.79 Å². The summed E-state index contributed by atoms with van der Waals surface area (Å²) in [6.45, 7) is 2.16. The molecule has 2 aliphatic rings. The first-order valence-corrected chi connectivity index (χ1v) is 7.41. The number of carboxylic acids is 1. The molecular weight excluding hydrogens is 254 g/mol. The van der Waals surface area contributed by atoms with Gasteiger partial charge in [-0.3, -0.25) is 9.69 Å². The highest BCUT2D eigenvalue weighted by molar-refractivity contribution is 5.66. The molecule has 0 aromatic heterocycles. The van der Waals surface area contributed by atoms with Crippen LogP contribution in [0.2, 0.25) is 0 Å². The molecule has 1 fully saturated rings. The lowest BCUT2D eigenvalue weighted by molar-refractivity contribution is -0.138. The van der Waals surface area contributed by atoms with Gasteiger partial charge >= 0.3 is 5.97 Å². The number of hydrogen-bond acceptors (Lipinski definition) is 3. The van der Waals surface area contributed by atoms with Crippen LogP contribution in [0, 0.1) is 0 Å². The molecule has 108 valence electrons. The number of benzene rings is 1. The number of ether oxygens (including phenoxy) is 1. The van der Waals surface area contributed by atoms with Crippen LogP contribution in [-0.2, 0) is 16.0 Å². The lowest BCUT2D eigenvalue weighted by atomic mass is 9.96. The zero-order valence-corrected chi connectivity index (χ0v) is 11.6. The Morgan fingerprint density at radius 1 is 1.40 bits per heavy atom. The minimum Gasteiger partial charge on any atom is -0.481 e. The first-order chi connectivity index (χ1) is 9.75. The van der Waals surface area contributed by atoms with Crippen molar-refractivity contribution in [2.45, 2.75) is 37.8 Å². The molecule has 1 N–H and O–H groups in total. The largest absolute Gasteiger partial charge is 0.481 e. The van der Waals surface area contributed by atoms with Gasteiger partial charge in [0, 0.05) is 19.1 Å². The first kappa shape index (κ1) is 13.6. The van der Waals surface area contributed by atoms with E-state index in [1.165, 1.54) is 11.1 Å².